The average molecular weight is 288 g/mol. The van der Waals surface area contributed by atoms with Crippen molar-refractivity contribution in [3.05, 3.63) is 17.9 Å². The lowest BCUT2D eigenvalue weighted by atomic mass is 10.1. The molecule has 0 amide bonds. The molecule has 110 valence electrons. The Morgan fingerprint density at radius 1 is 1.32 bits per heavy atom. The number of furan rings is 1. The van der Waals surface area contributed by atoms with Crippen molar-refractivity contribution in [1.82, 2.24) is 9.62 Å². The van der Waals surface area contributed by atoms with Gasteiger partial charge < -0.3 is 9.73 Å². The summed E-state index contributed by atoms with van der Waals surface area (Å²) < 4.78 is 31.5. The summed E-state index contributed by atoms with van der Waals surface area (Å²) in [5.41, 5.74) is 0. The molecule has 0 aromatic carbocycles. The van der Waals surface area contributed by atoms with Crippen molar-refractivity contribution < 1.29 is 12.8 Å². The van der Waals surface area contributed by atoms with Crippen LogP contribution < -0.4 is 5.32 Å². The molecule has 1 N–H and O–H groups in total. The van der Waals surface area contributed by atoms with Gasteiger partial charge in [-0.1, -0.05) is 13.8 Å². The molecule has 0 radical (unpaired) electrons. The predicted octanol–water partition coefficient (Wildman–Crippen LogP) is 2.05. The zero-order chi connectivity index (χ0) is 14.6. The lowest BCUT2D eigenvalue weighted by Crippen LogP contribution is -2.35. The molecule has 1 aromatic rings. The van der Waals surface area contributed by atoms with E-state index in [1.54, 1.807) is 20.2 Å². The van der Waals surface area contributed by atoms with Gasteiger partial charge in [-0.2, -0.15) is 4.31 Å². The Hall–Kier alpha value is -0.850. The van der Waals surface area contributed by atoms with E-state index < -0.39 is 10.0 Å². The molecule has 0 aliphatic carbocycles. The molecule has 0 fully saturated rings. The molecule has 0 spiro atoms. The standard InChI is InChI=1S/C13H24N2O3S/c1-10(2)8-11(3)15(5)19(16,17)13-7-6-12(18-13)9-14-4/h6-7,10-11,14H,8-9H2,1-5H3. The smallest absolute Gasteiger partial charge is 0.276 e. The van der Waals surface area contributed by atoms with E-state index in [1.165, 1.54) is 10.4 Å². The van der Waals surface area contributed by atoms with Gasteiger partial charge in [-0.05, 0) is 38.4 Å². The first kappa shape index (κ1) is 16.2. The summed E-state index contributed by atoms with van der Waals surface area (Å²) in [6.07, 6.45) is 0.819. The Morgan fingerprint density at radius 2 is 1.95 bits per heavy atom. The lowest BCUT2D eigenvalue weighted by molar-refractivity contribution is 0.321. The number of hydrogen-bond acceptors (Lipinski definition) is 4. The molecule has 5 nitrogen and oxygen atoms in total. The zero-order valence-electron chi connectivity index (χ0n) is 12.3. The van der Waals surface area contributed by atoms with Gasteiger partial charge in [-0.3, -0.25) is 0 Å². The molecular weight excluding hydrogens is 264 g/mol. The van der Waals surface area contributed by atoms with Gasteiger partial charge in [0, 0.05) is 13.1 Å². The van der Waals surface area contributed by atoms with Crippen molar-refractivity contribution in [2.75, 3.05) is 14.1 Å². The second kappa shape index (κ2) is 6.54. The van der Waals surface area contributed by atoms with E-state index in [0.717, 1.165) is 6.42 Å². The molecule has 1 heterocycles. The SMILES string of the molecule is CNCc1ccc(S(=O)(=O)N(C)C(C)CC(C)C)o1. The van der Waals surface area contributed by atoms with Crippen molar-refractivity contribution in [3.63, 3.8) is 0 Å². The van der Waals surface area contributed by atoms with Crippen LogP contribution in [0.5, 0.6) is 0 Å². The molecule has 6 heteroatoms. The molecule has 0 aliphatic heterocycles. The maximum Gasteiger partial charge on any atom is 0.276 e. The van der Waals surface area contributed by atoms with Gasteiger partial charge in [0.2, 0.25) is 5.09 Å². The highest BCUT2D eigenvalue weighted by Crippen LogP contribution is 2.21. The molecule has 0 saturated heterocycles. The average Bonchev–Trinajstić information content (AvgIpc) is 2.76. The Bertz CT molecular complexity index is 494. The van der Waals surface area contributed by atoms with Crippen LogP contribution >= 0.6 is 0 Å². The number of nitrogens with zero attached hydrogens (tertiary/aromatic N) is 1. The molecule has 0 saturated carbocycles. The largest absolute Gasteiger partial charge is 0.447 e. The molecule has 1 rings (SSSR count). The van der Waals surface area contributed by atoms with Crippen LogP contribution in [0.15, 0.2) is 21.6 Å². The van der Waals surface area contributed by atoms with Crippen LogP contribution in [0.2, 0.25) is 0 Å². The van der Waals surface area contributed by atoms with E-state index in [1.807, 2.05) is 6.92 Å². The summed E-state index contributed by atoms with van der Waals surface area (Å²) in [6.45, 7) is 6.58. The van der Waals surface area contributed by atoms with Gasteiger partial charge in [-0.15, -0.1) is 0 Å². The zero-order valence-corrected chi connectivity index (χ0v) is 13.1. The van der Waals surface area contributed by atoms with Crippen LogP contribution in [0, 0.1) is 5.92 Å². The fraction of sp³-hybridized carbons (Fsp3) is 0.692. The number of rotatable bonds is 7. The van der Waals surface area contributed by atoms with Crippen LogP contribution in [-0.4, -0.2) is 32.9 Å². The van der Waals surface area contributed by atoms with Crippen LogP contribution in [0.25, 0.3) is 0 Å². The fourth-order valence-corrected chi connectivity index (χ4v) is 3.27. The predicted molar refractivity (Wildman–Crippen MR) is 75.3 cm³/mol. The monoisotopic (exact) mass is 288 g/mol. The summed E-state index contributed by atoms with van der Waals surface area (Å²) >= 11 is 0. The Balaban J connectivity index is 2.89. The Kier molecular flexibility index (Phi) is 5.58. The van der Waals surface area contributed by atoms with Gasteiger partial charge in [0.05, 0.1) is 6.54 Å². The number of hydrogen-bond donors (Lipinski definition) is 1. The third-order valence-electron chi connectivity index (χ3n) is 3.05. The van der Waals surface area contributed by atoms with E-state index in [9.17, 15) is 8.42 Å². The summed E-state index contributed by atoms with van der Waals surface area (Å²) in [6, 6.07) is 3.15. The van der Waals surface area contributed by atoms with Crippen LogP contribution in [-0.2, 0) is 16.6 Å². The van der Waals surface area contributed by atoms with Crippen molar-refractivity contribution in [1.29, 1.82) is 0 Å². The van der Waals surface area contributed by atoms with Crippen molar-refractivity contribution in [2.45, 2.75) is 44.9 Å². The first-order chi connectivity index (χ1) is 8.78. The summed E-state index contributed by atoms with van der Waals surface area (Å²) in [4.78, 5) is 0. The molecule has 0 bridgehead atoms. The number of nitrogens with one attached hydrogen (secondary N) is 1. The Labute approximate surface area is 116 Å². The molecule has 19 heavy (non-hydrogen) atoms. The highest BCUT2D eigenvalue weighted by atomic mass is 32.2. The molecule has 1 unspecified atom stereocenters. The molecule has 1 aromatic heterocycles. The second-order valence-corrected chi connectivity index (χ2v) is 7.18. The highest BCUT2D eigenvalue weighted by molar-refractivity contribution is 7.89. The first-order valence-corrected chi connectivity index (χ1v) is 7.94. The summed E-state index contributed by atoms with van der Waals surface area (Å²) in [5.74, 6) is 1.06. The maximum atomic E-state index is 12.4. The van der Waals surface area contributed by atoms with E-state index in [0.29, 0.717) is 18.2 Å². The minimum Gasteiger partial charge on any atom is -0.447 e. The second-order valence-electron chi connectivity index (χ2n) is 5.25. The quantitative estimate of drug-likeness (QED) is 0.834. The first-order valence-electron chi connectivity index (χ1n) is 6.50. The summed E-state index contributed by atoms with van der Waals surface area (Å²) in [7, 11) is -0.157. The van der Waals surface area contributed by atoms with Crippen LogP contribution in [0.1, 0.15) is 33.0 Å². The summed E-state index contributed by atoms with van der Waals surface area (Å²) in [5, 5.41) is 2.93. The topological polar surface area (TPSA) is 62.6 Å². The van der Waals surface area contributed by atoms with Gasteiger partial charge >= 0.3 is 0 Å². The van der Waals surface area contributed by atoms with Crippen LogP contribution in [0.4, 0.5) is 0 Å². The van der Waals surface area contributed by atoms with Crippen molar-refractivity contribution in [2.24, 2.45) is 5.92 Å². The van der Waals surface area contributed by atoms with Crippen molar-refractivity contribution >= 4 is 10.0 Å². The molecule has 0 aliphatic rings. The van der Waals surface area contributed by atoms with E-state index in [-0.39, 0.29) is 11.1 Å². The lowest BCUT2D eigenvalue weighted by Gasteiger charge is -2.24. The maximum absolute atomic E-state index is 12.4. The third-order valence-corrected chi connectivity index (χ3v) is 4.90. The van der Waals surface area contributed by atoms with Gasteiger partial charge in [0.1, 0.15) is 5.76 Å². The van der Waals surface area contributed by atoms with Gasteiger partial charge in [0.25, 0.3) is 10.0 Å². The minimum atomic E-state index is -3.54. The van der Waals surface area contributed by atoms with Gasteiger partial charge in [-0.25, -0.2) is 8.42 Å². The van der Waals surface area contributed by atoms with E-state index >= 15 is 0 Å². The third kappa shape index (κ3) is 4.06. The van der Waals surface area contributed by atoms with Gasteiger partial charge in [0.15, 0.2) is 0 Å². The van der Waals surface area contributed by atoms with Crippen LogP contribution in [0.3, 0.4) is 0 Å². The van der Waals surface area contributed by atoms with E-state index in [2.05, 4.69) is 19.2 Å². The van der Waals surface area contributed by atoms with Crippen molar-refractivity contribution in [3.8, 4) is 0 Å². The molecular formula is C13H24N2O3S. The Morgan fingerprint density at radius 3 is 2.47 bits per heavy atom. The molecule has 1 atom stereocenters. The highest BCUT2D eigenvalue weighted by Gasteiger charge is 2.28. The fourth-order valence-electron chi connectivity index (χ4n) is 1.98. The van der Waals surface area contributed by atoms with E-state index in [4.69, 9.17) is 4.42 Å². The minimum absolute atomic E-state index is 0.0101. The normalized spacial score (nSPS) is 14.3. The number of sulfonamides is 1.